The van der Waals surface area contributed by atoms with Crippen molar-refractivity contribution in [2.45, 2.75) is 19.9 Å². The first-order chi connectivity index (χ1) is 7.06. The Labute approximate surface area is 94.3 Å². The minimum atomic E-state index is -0.827. The number of rotatable bonds is 4. The number of carboxylic acids is 1. The van der Waals surface area contributed by atoms with Crippen LogP contribution in [0.2, 0.25) is 5.02 Å². The van der Waals surface area contributed by atoms with E-state index in [0.717, 1.165) is 5.69 Å². The number of carboxylic acid groups (broad SMARTS) is 1. The van der Waals surface area contributed by atoms with Crippen molar-refractivity contribution >= 4 is 23.3 Å². The summed E-state index contributed by atoms with van der Waals surface area (Å²) in [6.07, 6.45) is 0. The van der Waals surface area contributed by atoms with Crippen LogP contribution in [-0.2, 0) is 4.79 Å². The van der Waals surface area contributed by atoms with Crippen molar-refractivity contribution in [3.63, 3.8) is 0 Å². The smallest absolute Gasteiger partial charge is 0.326 e. The fourth-order valence-corrected chi connectivity index (χ4v) is 1.57. The summed E-state index contributed by atoms with van der Waals surface area (Å²) in [6.45, 7) is 4.24. The molecule has 1 aromatic carbocycles. The first-order valence-electron chi connectivity index (χ1n) is 4.81. The molecule has 0 aromatic heterocycles. The van der Waals surface area contributed by atoms with Crippen LogP contribution in [0.15, 0.2) is 24.3 Å². The van der Waals surface area contributed by atoms with Gasteiger partial charge in [0.25, 0.3) is 0 Å². The lowest BCUT2D eigenvalue weighted by molar-refractivity contribution is -0.138. The molecule has 0 spiro atoms. The number of benzene rings is 1. The van der Waals surface area contributed by atoms with Gasteiger partial charge in [0, 0.05) is 17.3 Å². The number of hydrogen-bond acceptors (Lipinski definition) is 2. The summed E-state index contributed by atoms with van der Waals surface area (Å²) in [7, 11) is 0. The maximum atomic E-state index is 10.9. The Bertz CT molecular complexity index is 337. The molecular formula is C11H14ClNO2. The maximum absolute atomic E-state index is 10.9. The number of aliphatic carboxylic acids is 1. The van der Waals surface area contributed by atoms with E-state index in [1.54, 1.807) is 24.0 Å². The Morgan fingerprint density at radius 1 is 1.47 bits per heavy atom. The molecule has 0 aliphatic carbocycles. The zero-order valence-corrected chi connectivity index (χ0v) is 9.53. The molecule has 0 fully saturated rings. The Morgan fingerprint density at radius 3 is 2.40 bits per heavy atom. The van der Waals surface area contributed by atoms with Crippen LogP contribution < -0.4 is 4.90 Å². The van der Waals surface area contributed by atoms with E-state index in [4.69, 9.17) is 16.7 Å². The van der Waals surface area contributed by atoms with Crippen molar-refractivity contribution < 1.29 is 9.90 Å². The quantitative estimate of drug-likeness (QED) is 0.860. The molecule has 0 aliphatic heterocycles. The summed E-state index contributed by atoms with van der Waals surface area (Å²) < 4.78 is 0. The van der Waals surface area contributed by atoms with Crippen molar-refractivity contribution in [1.82, 2.24) is 0 Å². The molecule has 1 aromatic rings. The second-order valence-corrected chi connectivity index (χ2v) is 3.71. The number of halogens is 1. The third-order valence-electron chi connectivity index (χ3n) is 2.32. The Hall–Kier alpha value is -1.22. The van der Waals surface area contributed by atoms with Crippen molar-refractivity contribution in [3.8, 4) is 0 Å². The molecule has 15 heavy (non-hydrogen) atoms. The largest absolute Gasteiger partial charge is 0.480 e. The number of likely N-dealkylation sites (N-methyl/N-ethyl adjacent to an activating group) is 1. The first kappa shape index (κ1) is 11.9. The number of nitrogens with zero attached hydrogens (tertiary/aromatic N) is 1. The fraction of sp³-hybridized carbons (Fsp3) is 0.364. The van der Waals surface area contributed by atoms with Crippen molar-refractivity contribution in [2.24, 2.45) is 0 Å². The van der Waals surface area contributed by atoms with Crippen molar-refractivity contribution in [3.05, 3.63) is 29.3 Å². The zero-order valence-electron chi connectivity index (χ0n) is 8.77. The normalized spacial score (nSPS) is 12.2. The van der Waals surface area contributed by atoms with Crippen LogP contribution in [0.25, 0.3) is 0 Å². The highest BCUT2D eigenvalue weighted by Crippen LogP contribution is 2.19. The van der Waals surface area contributed by atoms with E-state index in [9.17, 15) is 4.79 Å². The Kier molecular flexibility index (Phi) is 3.97. The lowest BCUT2D eigenvalue weighted by atomic mass is 10.2. The second kappa shape index (κ2) is 5.03. The van der Waals surface area contributed by atoms with Gasteiger partial charge in [-0.05, 0) is 38.1 Å². The number of hydrogen-bond donors (Lipinski definition) is 1. The lowest BCUT2D eigenvalue weighted by Crippen LogP contribution is -2.38. The zero-order chi connectivity index (χ0) is 11.4. The van der Waals surface area contributed by atoms with E-state index in [-0.39, 0.29) is 0 Å². The van der Waals surface area contributed by atoms with Gasteiger partial charge in [0.15, 0.2) is 0 Å². The molecule has 82 valence electrons. The second-order valence-electron chi connectivity index (χ2n) is 3.28. The van der Waals surface area contributed by atoms with E-state index >= 15 is 0 Å². The topological polar surface area (TPSA) is 40.5 Å². The van der Waals surface area contributed by atoms with Gasteiger partial charge in [0.1, 0.15) is 6.04 Å². The van der Waals surface area contributed by atoms with Gasteiger partial charge in [-0.25, -0.2) is 4.79 Å². The average molecular weight is 228 g/mol. The van der Waals surface area contributed by atoms with E-state index in [1.165, 1.54) is 0 Å². The third kappa shape index (κ3) is 2.86. The number of anilines is 1. The van der Waals surface area contributed by atoms with Crippen LogP contribution in [0.3, 0.4) is 0 Å². The molecule has 0 saturated carbocycles. The summed E-state index contributed by atoms with van der Waals surface area (Å²) in [5, 5.41) is 9.58. The molecule has 0 amide bonds. The van der Waals surface area contributed by atoms with Crippen LogP contribution in [0, 0.1) is 0 Å². The maximum Gasteiger partial charge on any atom is 0.326 e. The van der Waals surface area contributed by atoms with Gasteiger partial charge in [-0.3, -0.25) is 0 Å². The van der Waals surface area contributed by atoms with Gasteiger partial charge in [-0.1, -0.05) is 11.6 Å². The van der Waals surface area contributed by atoms with Crippen LogP contribution in [0.5, 0.6) is 0 Å². The molecule has 0 heterocycles. The van der Waals surface area contributed by atoms with E-state index in [2.05, 4.69) is 0 Å². The van der Waals surface area contributed by atoms with E-state index < -0.39 is 12.0 Å². The molecule has 3 nitrogen and oxygen atoms in total. The molecule has 0 bridgehead atoms. The monoisotopic (exact) mass is 227 g/mol. The minimum Gasteiger partial charge on any atom is -0.480 e. The molecule has 0 saturated heterocycles. The van der Waals surface area contributed by atoms with Gasteiger partial charge in [-0.2, -0.15) is 0 Å². The van der Waals surface area contributed by atoms with E-state index in [0.29, 0.717) is 11.6 Å². The predicted molar refractivity (Wildman–Crippen MR) is 61.6 cm³/mol. The summed E-state index contributed by atoms with van der Waals surface area (Å²) in [6, 6.07) is 6.63. The molecule has 1 unspecified atom stereocenters. The highest BCUT2D eigenvalue weighted by molar-refractivity contribution is 6.30. The summed E-state index contributed by atoms with van der Waals surface area (Å²) in [5.41, 5.74) is 0.872. The molecule has 1 atom stereocenters. The predicted octanol–water partition coefficient (Wildman–Crippen LogP) is 2.64. The van der Waals surface area contributed by atoms with E-state index in [1.807, 2.05) is 19.1 Å². The highest BCUT2D eigenvalue weighted by Gasteiger charge is 2.18. The van der Waals surface area contributed by atoms with Gasteiger partial charge >= 0.3 is 5.97 Å². The van der Waals surface area contributed by atoms with Gasteiger partial charge in [-0.15, -0.1) is 0 Å². The molecule has 1 N–H and O–H groups in total. The van der Waals surface area contributed by atoms with Crippen molar-refractivity contribution in [2.75, 3.05) is 11.4 Å². The summed E-state index contributed by atoms with van der Waals surface area (Å²) in [4.78, 5) is 12.7. The molecule has 4 heteroatoms. The first-order valence-corrected chi connectivity index (χ1v) is 5.19. The Balaban J connectivity index is 2.92. The summed E-state index contributed by atoms with van der Waals surface area (Å²) >= 11 is 5.77. The van der Waals surface area contributed by atoms with Crippen LogP contribution in [-0.4, -0.2) is 23.7 Å². The van der Waals surface area contributed by atoms with Gasteiger partial charge in [0.05, 0.1) is 0 Å². The average Bonchev–Trinajstić information content (AvgIpc) is 2.21. The molecular weight excluding hydrogens is 214 g/mol. The molecule has 1 rings (SSSR count). The van der Waals surface area contributed by atoms with Crippen molar-refractivity contribution in [1.29, 1.82) is 0 Å². The highest BCUT2D eigenvalue weighted by atomic mass is 35.5. The standard InChI is InChI=1S/C11H14ClNO2/c1-3-13(8(2)11(14)15)10-6-4-9(12)5-7-10/h4-8H,3H2,1-2H3,(H,14,15). The summed E-state index contributed by atoms with van der Waals surface area (Å²) in [5.74, 6) is -0.827. The van der Waals surface area contributed by atoms with Gasteiger partial charge in [0.2, 0.25) is 0 Å². The lowest BCUT2D eigenvalue weighted by Gasteiger charge is -2.27. The van der Waals surface area contributed by atoms with Crippen LogP contribution in [0.4, 0.5) is 5.69 Å². The number of carbonyl (C=O) groups is 1. The molecule has 0 radical (unpaired) electrons. The molecule has 0 aliphatic rings. The van der Waals surface area contributed by atoms with Gasteiger partial charge < -0.3 is 10.0 Å². The SMILES string of the molecule is CCN(c1ccc(Cl)cc1)C(C)C(=O)O. The minimum absolute atomic E-state index is 0.531. The fourth-order valence-electron chi connectivity index (χ4n) is 1.45. The van der Waals surface area contributed by atoms with Crippen LogP contribution in [0.1, 0.15) is 13.8 Å². The van der Waals surface area contributed by atoms with Crippen LogP contribution >= 0.6 is 11.6 Å². The third-order valence-corrected chi connectivity index (χ3v) is 2.58. The Morgan fingerprint density at radius 2 is 2.00 bits per heavy atom.